The average Bonchev–Trinajstić information content (AvgIpc) is 2.52. The van der Waals surface area contributed by atoms with Crippen LogP contribution < -0.4 is 15.4 Å². The summed E-state index contributed by atoms with van der Waals surface area (Å²) in [5, 5.41) is 6.66. The highest BCUT2D eigenvalue weighted by Gasteiger charge is 2.33. The fourth-order valence-corrected chi connectivity index (χ4v) is 3.46. The van der Waals surface area contributed by atoms with Gasteiger partial charge in [-0.3, -0.25) is 4.79 Å². The number of rotatable bonds is 3. The Morgan fingerprint density at radius 1 is 1.41 bits per heavy atom. The molecular formula is C18H26N2O2. The third-order valence-electron chi connectivity index (χ3n) is 5.06. The summed E-state index contributed by atoms with van der Waals surface area (Å²) in [5.74, 6) is 0.945. The van der Waals surface area contributed by atoms with Gasteiger partial charge in [0.05, 0.1) is 5.92 Å². The zero-order chi connectivity index (χ0) is 15.6. The first-order valence-corrected chi connectivity index (χ1v) is 8.28. The number of ether oxygens (including phenoxy) is 1. The number of hydrogen-bond acceptors (Lipinski definition) is 3. The molecule has 120 valence electrons. The van der Waals surface area contributed by atoms with Crippen LogP contribution >= 0.6 is 0 Å². The van der Waals surface area contributed by atoms with Crippen LogP contribution in [-0.2, 0) is 11.2 Å². The predicted molar refractivity (Wildman–Crippen MR) is 86.9 cm³/mol. The van der Waals surface area contributed by atoms with Gasteiger partial charge in [-0.15, -0.1) is 0 Å². The molecule has 2 atom stereocenters. The van der Waals surface area contributed by atoms with Crippen LogP contribution in [-0.4, -0.2) is 31.6 Å². The third kappa shape index (κ3) is 3.27. The van der Waals surface area contributed by atoms with Crippen molar-refractivity contribution < 1.29 is 9.53 Å². The lowest BCUT2D eigenvalue weighted by Crippen LogP contribution is -2.53. The van der Waals surface area contributed by atoms with Crippen molar-refractivity contribution in [3.05, 3.63) is 29.8 Å². The maximum Gasteiger partial charge on any atom is 0.226 e. The number of carbonyl (C=O) groups excluding carboxylic acids is 1. The number of amides is 1. The Morgan fingerprint density at radius 3 is 3.05 bits per heavy atom. The van der Waals surface area contributed by atoms with Gasteiger partial charge in [0.25, 0.3) is 0 Å². The highest BCUT2D eigenvalue weighted by Crippen LogP contribution is 2.30. The van der Waals surface area contributed by atoms with Gasteiger partial charge in [0.1, 0.15) is 12.4 Å². The van der Waals surface area contributed by atoms with Gasteiger partial charge in [-0.2, -0.15) is 0 Å². The maximum atomic E-state index is 12.4. The van der Waals surface area contributed by atoms with Gasteiger partial charge in [0.2, 0.25) is 5.91 Å². The summed E-state index contributed by atoms with van der Waals surface area (Å²) in [4.78, 5) is 12.4. The molecule has 22 heavy (non-hydrogen) atoms. The van der Waals surface area contributed by atoms with Crippen molar-refractivity contribution in [2.24, 2.45) is 11.3 Å². The Hall–Kier alpha value is -1.55. The van der Waals surface area contributed by atoms with Crippen LogP contribution in [0.25, 0.3) is 0 Å². The Kier molecular flexibility index (Phi) is 4.39. The zero-order valence-corrected chi connectivity index (χ0v) is 13.5. The van der Waals surface area contributed by atoms with E-state index in [1.165, 1.54) is 12.8 Å². The second-order valence-electron chi connectivity index (χ2n) is 7.16. The van der Waals surface area contributed by atoms with Crippen molar-refractivity contribution in [2.75, 3.05) is 19.7 Å². The molecule has 4 nitrogen and oxygen atoms in total. The van der Waals surface area contributed by atoms with Crippen molar-refractivity contribution in [1.29, 1.82) is 0 Å². The maximum absolute atomic E-state index is 12.4. The number of fused-ring (bicyclic) bond motifs is 1. The first-order valence-electron chi connectivity index (χ1n) is 8.28. The molecule has 2 heterocycles. The molecule has 0 radical (unpaired) electrons. The van der Waals surface area contributed by atoms with Crippen molar-refractivity contribution in [1.82, 2.24) is 10.6 Å². The van der Waals surface area contributed by atoms with Gasteiger partial charge < -0.3 is 15.4 Å². The molecule has 1 fully saturated rings. The standard InChI is InChI=1S/C18H26N2O2/c1-18(2)8-5-9-19-16(18)11-20-17(21)14-10-13-6-3-4-7-15(13)22-12-14/h3-4,6-7,14,16,19H,5,8-12H2,1-2H3,(H,20,21). The minimum atomic E-state index is -0.0818. The molecule has 2 aliphatic rings. The molecule has 1 saturated heterocycles. The van der Waals surface area contributed by atoms with Gasteiger partial charge in [-0.1, -0.05) is 32.0 Å². The molecule has 0 spiro atoms. The van der Waals surface area contributed by atoms with Gasteiger partial charge >= 0.3 is 0 Å². The molecule has 4 heteroatoms. The van der Waals surface area contributed by atoms with Crippen molar-refractivity contribution >= 4 is 5.91 Å². The zero-order valence-electron chi connectivity index (χ0n) is 13.5. The number of para-hydroxylation sites is 1. The summed E-state index contributed by atoms with van der Waals surface area (Å²) in [6.07, 6.45) is 3.19. The summed E-state index contributed by atoms with van der Waals surface area (Å²) in [6, 6.07) is 8.33. The minimum absolute atomic E-state index is 0.0818. The lowest BCUT2D eigenvalue weighted by molar-refractivity contribution is -0.126. The van der Waals surface area contributed by atoms with E-state index in [0.717, 1.165) is 24.3 Å². The Morgan fingerprint density at radius 2 is 2.23 bits per heavy atom. The average molecular weight is 302 g/mol. The minimum Gasteiger partial charge on any atom is -0.492 e. The van der Waals surface area contributed by atoms with E-state index in [1.54, 1.807) is 0 Å². The lowest BCUT2D eigenvalue weighted by Gasteiger charge is -2.39. The van der Waals surface area contributed by atoms with Gasteiger partial charge in [-0.25, -0.2) is 0 Å². The van der Waals surface area contributed by atoms with E-state index in [2.05, 4.69) is 24.5 Å². The van der Waals surface area contributed by atoms with Gasteiger partial charge in [-0.05, 0) is 42.9 Å². The first kappa shape index (κ1) is 15.3. The number of nitrogens with one attached hydrogen (secondary N) is 2. The number of hydrogen-bond donors (Lipinski definition) is 2. The third-order valence-corrected chi connectivity index (χ3v) is 5.06. The van der Waals surface area contributed by atoms with E-state index < -0.39 is 0 Å². The van der Waals surface area contributed by atoms with Crippen molar-refractivity contribution in [2.45, 2.75) is 39.2 Å². The van der Waals surface area contributed by atoms with Crippen LogP contribution in [0.15, 0.2) is 24.3 Å². The number of piperidine rings is 1. The molecule has 0 bridgehead atoms. The molecule has 3 rings (SSSR count). The van der Waals surface area contributed by atoms with Gasteiger partial charge in [0, 0.05) is 12.6 Å². The molecule has 2 aliphatic heterocycles. The van der Waals surface area contributed by atoms with Crippen LogP contribution in [0.4, 0.5) is 0 Å². The van der Waals surface area contributed by atoms with Crippen LogP contribution in [0, 0.1) is 11.3 Å². The summed E-state index contributed by atoms with van der Waals surface area (Å²) >= 11 is 0. The molecule has 1 amide bonds. The first-order chi connectivity index (χ1) is 10.6. The number of carbonyl (C=O) groups is 1. The highest BCUT2D eigenvalue weighted by molar-refractivity contribution is 5.79. The normalized spacial score (nSPS) is 26.6. The largest absolute Gasteiger partial charge is 0.492 e. The van der Waals surface area contributed by atoms with Crippen LogP contribution in [0.2, 0.25) is 0 Å². The summed E-state index contributed by atoms with van der Waals surface area (Å²) in [5.41, 5.74) is 1.37. The molecule has 2 N–H and O–H groups in total. The molecule has 0 saturated carbocycles. The fourth-order valence-electron chi connectivity index (χ4n) is 3.46. The van der Waals surface area contributed by atoms with E-state index >= 15 is 0 Å². The second-order valence-corrected chi connectivity index (χ2v) is 7.16. The van der Waals surface area contributed by atoms with Gasteiger partial charge in [0.15, 0.2) is 0 Å². The molecule has 2 unspecified atom stereocenters. The topological polar surface area (TPSA) is 50.4 Å². The molecule has 0 aromatic heterocycles. The Bertz CT molecular complexity index is 542. The van der Waals surface area contributed by atoms with Crippen molar-refractivity contribution in [3.63, 3.8) is 0 Å². The van der Waals surface area contributed by atoms with E-state index in [1.807, 2.05) is 24.3 Å². The summed E-state index contributed by atoms with van der Waals surface area (Å²) < 4.78 is 5.71. The summed E-state index contributed by atoms with van der Waals surface area (Å²) in [6.45, 7) is 6.77. The predicted octanol–water partition coefficient (Wildman–Crippen LogP) is 2.13. The Balaban J connectivity index is 1.55. The fraction of sp³-hybridized carbons (Fsp3) is 0.611. The van der Waals surface area contributed by atoms with E-state index in [0.29, 0.717) is 19.2 Å². The quantitative estimate of drug-likeness (QED) is 0.899. The Labute approximate surface area is 132 Å². The number of benzene rings is 1. The molecule has 0 aliphatic carbocycles. The van der Waals surface area contributed by atoms with Crippen LogP contribution in [0.1, 0.15) is 32.3 Å². The molecule has 1 aromatic rings. The van der Waals surface area contributed by atoms with Crippen LogP contribution in [0.5, 0.6) is 5.75 Å². The SMILES string of the molecule is CC1(C)CCCNC1CNC(=O)C1COc2ccccc2C1. The summed E-state index contributed by atoms with van der Waals surface area (Å²) in [7, 11) is 0. The highest BCUT2D eigenvalue weighted by atomic mass is 16.5. The van der Waals surface area contributed by atoms with Crippen LogP contribution in [0.3, 0.4) is 0 Å². The lowest BCUT2D eigenvalue weighted by atomic mass is 9.77. The second kappa shape index (κ2) is 6.29. The molecular weight excluding hydrogens is 276 g/mol. The van der Waals surface area contributed by atoms with E-state index in [4.69, 9.17) is 4.74 Å². The molecule has 1 aromatic carbocycles. The van der Waals surface area contributed by atoms with E-state index in [-0.39, 0.29) is 17.2 Å². The monoisotopic (exact) mass is 302 g/mol. The van der Waals surface area contributed by atoms with Crippen molar-refractivity contribution in [3.8, 4) is 5.75 Å². The van der Waals surface area contributed by atoms with E-state index in [9.17, 15) is 4.79 Å². The smallest absolute Gasteiger partial charge is 0.226 e.